The van der Waals surface area contributed by atoms with Gasteiger partial charge in [0.1, 0.15) is 11.9 Å². The van der Waals surface area contributed by atoms with Crippen LogP contribution in [0.3, 0.4) is 0 Å². The van der Waals surface area contributed by atoms with Gasteiger partial charge in [0, 0.05) is 11.8 Å². The molecule has 2 saturated carbocycles. The van der Waals surface area contributed by atoms with Gasteiger partial charge in [-0.1, -0.05) is 38.5 Å². The van der Waals surface area contributed by atoms with Crippen LogP contribution < -0.4 is 0 Å². The molecule has 0 amide bonds. The zero-order valence-electron chi connectivity index (χ0n) is 12.5. The van der Waals surface area contributed by atoms with E-state index in [9.17, 15) is 15.0 Å². The number of fused-ring (bicyclic) bond motifs is 1. The second kappa shape index (κ2) is 6.74. The number of unbranched alkanes of at least 4 members (excludes halogenated alkanes) is 2. The van der Waals surface area contributed by atoms with Crippen molar-refractivity contribution in [2.75, 3.05) is 0 Å². The van der Waals surface area contributed by atoms with E-state index in [1.807, 2.05) is 6.92 Å². The van der Waals surface area contributed by atoms with Gasteiger partial charge in [0.25, 0.3) is 0 Å². The zero-order valence-corrected chi connectivity index (χ0v) is 12.5. The van der Waals surface area contributed by atoms with E-state index < -0.39 is 12.2 Å². The molecule has 2 aliphatic rings. The minimum absolute atomic E-state index is 0.0199. The van der Waals surface area contributed by atoms with Crippen molar-refractivity contribution in [2.24, 2.45) is 23.7 Å². The lowest BCUT2D eigenvalue weighted by molar-refractivity contribution is -0.151. The van der Waals surface area contributed by atoms with Crippen LogP contribution in [0.15, 0.2) is 0 Å². The minimum Gasteiger partial charge on any atom is -0.392 e. The molecule has 2 rings (SSSR count). The standard InChI is InChI=1S/C17H26O3/c1-3-4-5-6-12(18)7-8-13-15(19)10-9-14-16(13)11(2)17(14)20/h11-16,18-19H,3-6,9-10H2,1-2H3/t11?,12-,13+,14+,15-,16-/m0/s1. The summed E-state index contributed by atoms with van der Waals surface area (Å²) in [6.45, 7) is 4.07. The van der Waals surface area contributed by atoms with Gasteiger partial charge in [-0.15, -0.1) is 0 Å². The fourth-order valence-electron chi connectivity index (χ4n) is 3.67. The summed E-state index contributed by atoms with van der Waals surface area (Å²) in [5.41, 5.74) is 0. The molecule has 0 aliphatic heterocycles. The first kappa shape index (κ1) is 15.5. The molecular weight excluding hydrogens is 252 g/mol. The average molecular weight is 278 g/mol. The summed E-state index contributed by atoms with van der Waals surface area (Å²) in [7, 11) is 0. The van der Waals surface area contributed by atoms with Gasteiger partial charge in [0.2, 0.25) is 0 Å². The second-order valence-electron chi connectivity index (χ2n) is 6.35. The lowest BCUT2D eigenvalue weighted by Gasteiger charge is -2.49. The first-order valence-electron chi connectivity index (χ1n) is 7.97. The first-order chi connectivity index (χ1) is 9.56. The molecule has 1 unspecified atom stereocenters. The van der Waals surface area contributed by atoms with E-state index in [-0.39, 0.29) is 23.7 Å². The Morgan fingerprint density at radius 2 is 2.10 bits per heavy atom. The Morgan fingerprint density at radius 1 is 1.35 bits per heavy atom. The Balaban J connectivity index is 1.95. The monoisotopic (exact) mass is 278 g/mol. The van der Waals surface area contributed by atoms with Crippen LogP contribution in [0.2, 0.25) is 0 Å². The molecule has 20 heavy (non-hydrogen) atoms. The molecule has 0 radical (unpaired) electrons. The molecule has 0 aromatic carbocycles. The molecule has 0 saturated heterocycles. The third kappa shape index (κ3) is 3.07. The third-order valence-electron chi connectivity index (χ3n) is 4.96. The molecule has 2 N–H and O–H groups in total. The lowest BCUT2D eigenvalue weighted by atomic mass is 9.53. The number of aliphatic hydroxyl groups is 2. The summed E-state index contributed by atoms with van der Waals surface area (Å²) in [6, 6.07) is 0. The number of hydrogen-bond acceptors (Lipinski definition) is 3. The first-order valence-corrected chi connectivity index (χ1v) is 7.97. The van der Waals surface area contributed by atoms with Gasteiger partial charge in [-0.2, -0.15) is 0 Å². The SMILES string of the molecule is CCCCC[C@H](O)C#C[C@H]1[C@@H]2C(C)C(=O)[C@@H]2CC[C@@H]1O. The second-order valence-corrected chi connectivity index (χ2v) is 6.35. The highest BCUT2D eigenvalue weighted by Crippen LogP contribution is 2.49. The van der Waals surface area contributed by atoms with Crippen LogP contribution in [0.25, 0.3) is 0 Å². The van der Waals surface area contributed by atoms with Gasteiger partial charge >= 0.3 is 0 Å². The highest BCUT2D eigenvalue weighted by molar-refractivity contribution is 5.90. The fourth-order valence-corrected chi connectivity index (χ4v) is 3.67. The van der Waals surface area contributed by atoms with Crippen LogP contribution in [0.5, 0.6) is 0 Å². The van der Waals surface area contributed by atoms with E-state index in [4.69, 9.17) is 0 Å². The molecule has 0 aromatic rings. The minimum atomic E-state index is -0.597. The summed E-state index contributed by atoms with van der Waals surface area (Å²) >= 11 is 0. The van der Waals surface area contributed by atoms with Crippen LogP contribution in [0.4, 0.5) is 0 Å². The third-order valence-corrected chi connectivity index (χ3v) is 4.96. The molecule has 2 fully saturated rings. The van der Waals surface area contributed by atoms with E-state index in [2.05, 4.69) is 18.8 Å². The quantitative estimate of drug-likeness (QED) is 0.612. The van der Waals surface area contributed by atoms with Crippen LogP contribution in [0, 0.1) is 35.5 Å². The highest BCUT2D eigenvalue weighted by atomic mass is 16.3. The van der Waals surface area contributed by atoms with Gasteiger partial charge < -0.3 is 10.2 Å². The number of aliphatic hydroxyl groups excluding tert-OH is 2. The Bertz CT molecular complexity index is 406. The topological polar surface area (TPSA) is 57.5 Å². The van der Waals surface area contributed by atoms with Crippen LogP contribution in [-0.2, 0) is 4.79 Å². The highest BCUT2D eigenvalue weighted by Gasteiger charge is 2.54. The van der Waals surface area contributed by atoms with Crippen LogP contribution >= 0.6 is 0 Å². The summed E-state index contributed by atoms with van der Waals surface area (Å²) in [5.74, 6) is 6.49. The van der Waals surface area contributed by atoms with E-state index >= 15 is 0 Å². The number of rotatable bonds is 4. The van der Waals surface area contributed by atoms with Crippen LogP contribution in [-0.4, -0.2) is 28.2 Å². The molecule has 0 heterocycles. The molecule has 3 nitrogen and oxygen atoms in total. The molecule has 0 bridgehead atoms. The lowest BCUT2D eigenvalue weighted by Crippen LogP contribution is -2.55. The van der Waals surface area contributed by atoms with Crippen molar-refractivity contribution in [3.63, 3.8) is 0 Å². The van der Waals surface area contributed by atoms with E-state index in [0.717, 1.165) is 25.7 Å². The van der Waals surface area contributed by atoms with E-state index in [1.54, 1.807) is 0 Å². The molecule has 0 aromatic heterocycles. The van der Waals surface area contributed by atoms with Crippen molar-refractivity contribution < 1.29 is 15.0 Å². The number of carbonyl (C=O) groups is 1. The number of ketones is 1. The Morgan fingerprint density at radius 3 is 2.80 bits per heavy atom. The van der Waals surface area contributed by atoms with Crippen LogP contribution in [0.1, 0.15) is 52.4 Å². The summed E-state index contributed by atoms with van der Waals surface area (Å²) in [5, 5.41) is 20.0. The van der Waals surface area contributed by atoms with Gasteiger partial charge in [-0.25, -0.2) is 0 Å². The summed E-state index contributed by atoms with van der Waals surface area (Å²) in [6.07, 6.45) is 4.35. The molecule has 0 spiro atoms. The Hall–Kier alpha value is -0.850. The molecule has 6 atom stereocenters. The van der Waals surface area contributed by atoms with Crippen molar-refractivity contribution in [3.05, 3.63) is 0 Å². The number of hydrogen-bond donors (Lipinski definition) is 2. The van der Waals surface area contributed by atoms with E-state index in [1.165, 1.54) is 0 Å². The molecule has 3 heteroatoms. The van der Waals surface area contributed by atoms with Gasteiger partial charge in [0.05, 0.1) is 12.0 Å². The van der Waals surface area contributed by atoms with Gasteiger partial charge in [-0.3, -0.25) is 4.79 Å². The van der Waals surface area contributed by atoms with Crippen molar-refractivity contribution in [1.82, 2.24) is 0 Å². The predicted octanol–water partition coefficient (Wildman–Crippen LogP) is 2.15. The largest absolute Gasteiger partial charge is 0.392 e. The predicted molar refractivity (Wildman–Crippen MR) is 77.8 cm³/mol. The maximum absolute atomic E-state index is 11.8. The fraction of sp³-hybridized carbons (Fsp3) is 0.824. The molecule has 2 aliphatic carbocycles. The van der Waals surface area contributed by atoms with Crippen molar-refractivity contribution in [2.45, 2.75) is 64.6 Å². The normalized spacial score (nSPS) is 37.4. The zero-order chi connectivity index (χ0) is 14.7. The number of Topliss-reactive ketones (excluding diaryl/α,β-unsaturated/α-hetero) is 1. The summed E-state index contributed by atoms with van der Waals surface area (Å²) in [4.78, 5) is 11.8. The Kier molecular flexibility index (Phi) is 5.23. The van der Waals surface area contributed by atoms with E-state index in [0.29, 0.717) is 18.6 Å². The molecular formula is C17H26O3. The van der Waals surface area contributed by atoms with Crippen molar-refractivity contribution in [3.8, 4) is 11.8 Å². The maximum Gasteiger partial charge on any atom is 0.139 e. The average Bonchev–Trinajstić information content (AvgIpc) is 2.45. The summed E-state index contributed by atoms with van der Waals surface area (Å²) < 4.78 is 0. The maximum atomic E-state index is 11.8. The van der Waals surface area contributed by atoms with Gasteiger partial charge in [0.15, 0.2) is 0 Å². The smallest absolute Gasteiger partial charge is 0.139 e. The van der Waals surface area contributed by atoms with Crippen molar-refractivity contribution in [1.29, 1.82) is 0 Å². The Labute approximate surface area is 121 Å². The van der Waals surface area contributed by atoms with Gasteiger partial charge in [-0.05, 0) is 31.6 Å². The van der Waals surface area contributed by atoms with Crippen molar-refractivity contribution >= 4 is 5.78 Å². The number of carbonyl (C=O) groups excluding carboxylic acids is 1. The molecule has 112 valence electrons.